The van der Waals surface area contributed by atoms with Gasteiger partial charge in [-0.15, -0.1) is 0 Å². The first-order valence-electron chi connectivity index (χ1n) is 4.22. The highest BCUT2D eigenvalue weighted by Gasteiger charge is 2.02. The van der Waals surface area contributed by atoms with Gasteiger partial charge in [-0.3, -0.25) is 0 Å². The molecular formula is C11H15NO. The molecule has 0 aliphatic carbocycles. The summed E-state index contributed by atoms with van der Waals surface area (Å²) < 4.78 is 0. The monoisotopic (exact) mass is 177 g/mol. The van der Waals surface area contributed by atoms with Gasteiger partial charge in [-0.1, -0.05) is 18.7 Å². The second-order valence-corrected chi connectivity index (χ2v) is 3.33. The molecule has 0 saturated heterocycles. The number of benzene rings is 1. The SMILES string of the molecule is C=Cc1ccc(O)c(CN(C)C)c1. The Morgan fingerprint density at radius 3 is 2.69 bits per heavy atom. The molecule has 13 heavy (non-hydrogen) atoms. The molecule has 0 aliphatic rings. The fraction of sp³-hybridized carbons (Fsp3) is 0.273. The molecule has 0 unspecified atom stereocenters. The van der Waals surface area contributed by atoms with Crippen molar-refractivity contribution in [1.29, 1.82) is 0 Å². The third-order valence-corrected chi connectivity index (χ3v) is 1.83. The van der Waals surface area contributed by atoms with Gasteiger partial charge in [-0.2, -0.15) is 0 Å². The van der Waals surface area contributed by atoms with Crippen molar-refractivity contribution >= 4 is 6.08 Å². The Morgan fingerprint density at radius 1 is 1.46 bits per heavy atom. The normalized spacial score (nSPS) is 10.4. The zero-order chi connectivity index (χ0) is 9.84. The third-order valence-electron chi connectivity index (χ3n) is 1.83. The highest BCUT2D eigenvalue weighted by atomic mass is 16.3. The lowest BCUT2D eigenvalue weighted by molar-refractivity contribution is 0.386. The van der Waals surface area contributed by atoms with Crippen molar-refractivity contribution in [3.8, 4) is 5.75 Å². The van der Waals surface area contributed by atoms with Gasteiger partial charge in [0.1, 0.15) is 5.75 Å². The van der Waals surface area contributed by atoms with Gasteiger partial charge in [-0.25, -0.2) is 0 Å². The van der Waals surface area contributed by atoms with Crippen molar-refractivity contribution in [1.82, 2.24) is 4.90 Å². The van der Waals surface area contributed by atoms with Crippen molar-refractivity contribution in [2.75, 3.05) is 14.1 Å². The Hall–Kier alpha value is -1.28. The van der Waals surface area contributed by atoms with Crippen LogP contribution < -0.4 is 0 Å². The topological polar surface area (TPSA) is 23.5 Å². The molecule has 1 aromatic rings. The van der Waals surface area contributed by atoms with Gasteiger partial charge < -0.3 is 10.0 Å². The highest BCUT2D eigenvalue weighted by molar-refractivity contribution is 5.51. The van der Waals surface area contributed by atoms with Crippen LogP contribution in [0.1, 0.15) is 11.1 Å². The summed E-state index contributed by atoms with van der Waals surface area (Å²) >= 11 is 0. The standard InChI is InChI=1S/C11H15NO/c1-4-9-5-6-11(13)10(7-9)8-12(2)3/h4-7,13H,1,8H2,2-3H3. The van der Waals surface area contributed by atoms with Crippen LogP contribution in [0.5, 0.6) is 5.75 Å². The van der Waals surface area contributed by atoms with Crippen molar-refractivity contribution in [2.24, 2.45) is 0 Å². The molecule has 0 amide bonds. The van der Waals surface area contributed by atoms with Crippen LogP contribution in [-0.2, 0) is 6.54 Å². The largest absolute Gasteiger partial charge is 0.508 e. The van der Waals surface area contributed by atoms with Gasteiger partial charge in [0.2, 0.25) is 0 Å². The van der Waals surface area contributed by atoms with Gasteiger partial charge in [0, 0.05) is 12.1 Å². The van der Waals surface area contributed by atoms with E-state index in [4.69, 9.17) is 0 Å². The average molecular weight is 177 g/mol. The summed E-state index contributed by atoms with van der Waals surface area (Å²) in [4.78, 5) is 2.02. The summed E-state index contributed by atoms with van der Waals surface area (Å²) in [6, 6.07) is 5.50. The van der Waals surface area contributed by atoms with Gasteiger partial charge in [0.25, 0.3) is 0 Å². The summed E-state index contributed by atoms with van der Waals surface area (Å²) in [7, 11) is 3.94. The van der Waals surface area contributed by atoms with Crippen molar-refractivity contribution in [3.05, 3.63) is 35.9 Å². The van der Waals surface area contributed by atoms with E-state index in [-0.39, 0.29) is 0 Å². The molecule has 0 aromatic heterocycles. The van der Waals surface area contributed by atoms with E-state index in [1.165, 1.54) is 0 Å². The van der Waals surface area contributed by atoms with E-state index in [2.05, 4.69) is 6.58 Å². The first-order chi connectivity index (χ1) is 6.13. The first-order valence-corrected chi connectivity index (χ1v) is 4.22. The van der Waals surface area contributed by atoms with Crippen molar-refractivity contribution < 1.29 is 5.11 Å². The summed E-state index contributed by atoms with van der Waals surface area (Å²) in [5.74, 6) is 0.347. The molecule has 0 radical (unpaired) electrons. The Balaban J connectivity index is 2.96. The molecule has 2 heteroatoms. The van der Waals surface area contributed by atoms with Gasteiger partial charge >= 0.3 is 0 Å². The molecule has 70 valence electrons. The lowest BCUT2D eigenvalue weighted by atomic mass is 10.1. The zero-order valence-corrected chi connectivity index (χ0v) is 8.12. The summed E-state index contributed by atoms with van der Waals surface area (Å²) in [6.07, 6.45) is 1.78. The molecule has 0 atom stereocenters. The lowest BCUT2D eigenvalue weighted by Gasteiger charge is -2.11. The molecule has 1 rings (SSSR count). The lowest BCUT2D eigenvalue weighted by Crippen LogP contribution is -2.10. The molecule has 2 nitrogen and oxygen atoms in total. The number of rotatable bonds is 3. The molecule has 0 bridgehead atoms. The van der Waals surface area contributed by atoms with Crippen LogP contribution in [0.4, 0.5) is 0 Å². The van der Waals surface area contributed by atoms with Crippen molar-refractivity contribution in [2.45, 2.75) is 6.54 Å². The van der Waals surface area contributed by atoms with E-state index < -0.39 is 0 Å². The second-order valence-electron chi connectivity index (χ2n) is 3.33. The van der Waals surface area contributed by atoms with Crippen molar-refractivity contribution in [3.63, 3.8) is 0 Å². The van der Waals surface area contributed by atoms with Crippen LogP contribution in [0.25, 0.3) is 6.08 Å². The summed E-state index contributed by atoms with van der Waals surface area (Å²) in [6.45, 7) is 4.43. The predicted molar refractivity (Wildman–Crippen MR) is 55.6 cm³/mol. The van der Waals surface area contributed by atoms with Crippen LogP contribution in [-0.4, -0.2) is 24.1 Å². The fourth-order valence-corrected chi connectivity index (χ4v) is 1.20. The Bertz CT molecular complexity index is 305. The molecule has 0 aliphatic heterocycles. The minimum atomic E-state index is 0.347. The Kier molecular flexibility index (Phi) is 3.09. The number of phenols is 1. The molecule has 0 heterocycles. The Labute approximate surface area is 79.1 Å². The van der Waals surface area contributed by atoms with E-state index in [0.29, 0.717) is 5.75 Å². The quantitative estimate of drug-likeness (QED) is 0.764. The van der Waals surface area contributed by atoms with Crippen LogP contribution in [0.3, 0.4) is 0 Å². The van der Waals surface area contributed by atoms with Crippen LogP contribution in [0.15, 0.2) is 24.8 Å². The summed E-state index contributed by atoms with van der Waals surface area (Å²) in [5.41, 5.74) is 1.97. The van der Waals surface area contributed by atoms with E-state index in [9.17, 15) is 5.11 Å². The van der Waals surface area contributed by atoms with Gasteiger partial charge in [-0.05, 0) is 31.8 Å². The number of aromatic hydroxyl groups is 1. The smallest absolute Gasteiger partial charge is 0.120 e. The van der Waals surface area contributed by atoms with E-state index in [0.717, 1.165) is 17.7 Å². The minimum Gasteiger partial charge on any atom is -0.508 e. The molecule has 0 spiro atoms. The van der Waals surface area contributed by atoms with Gasteiger partial charge in [0.15, 0.2) is 0 Å². The maximum atomic E-state index is 9.52. The van der Waals surface area contributed by atoms with E-state index in [1.807, 2.05) is 31.1 Å². The molecule has 1 N–H and O–H groups in total. The van der Waals surface area contributed by atoms with E-state index >= 15 is 0 Å². The second kappa shape index (κ2) is 4.10. The number of hydrogen-bond donors (Lipinski definition) is 1. The maximum Gasteiger partial charge on any atom is 0.120 e. The molecule has 0 fully saturated rings. The van der Waals surface area contributed by atoms with Gasteiger partial charge in [0.05, 0.1) is 0 Å². The highest BCUT2D eigenvalue weighted by Crippen LogP contribution is 2.19. The minimum absolute atomic E-state index is 0.347. The number of hydrogen-bond acceptors (Lipinski definition) is 2. The fourth-order valence-electron chi connectivity index (χ4n) is 1.20. The average Bonchev–Trinajstić information content (AvgIpc) is 2.08. The zero-order valence-electron chi connectivity index (χ0n) is 8.12. The third kappa shape index (κ3) is 2.60. The number of phenolic OH excluding ortho intramolecular Hbond substituents is 1. The molecule has 1 aromatic carbocycles. The maximum absolute atomic E-state index is 9.52. The number of nitrogens with zero attached hydrogens (tertiary/aromatic N) is 1. The predicted octanol–water partition coefficient (Wildman–Crippen LogP) is 2.10. The van der Waals surface area contributed by atoms with Crippen LogP contribution in [0, 0.1) is 0 Å². The molecular weight excluding hydrogens is 162 g/mol. The van der Waals surface area contributed by atoms with Crippen LogP contribution in [0.2, 0.25) is 0 Å². The first kappa shape index (κ1) is 9.81. The van der Waals surface area contributed by atoms with Crippen LogP contribution >= 0.6 is 0 Å². The molecule has 0 saturated carbocycles. The summed E-state index contributed by atoms with van der Waals surface area (Å²) in [5, 5.41) is 9.52. The van der Waals surface area contributed by atoms with E-state index in [1.54, 1.807) is 12.1 Å². The Morgan fingerprint density at radius 2 is 2.15 bits per heavy atom.